The summed E-state index contributed by atoms with van der Waals surface area (Å²) in [7, 11) is 1.84. The number of benzene rings is 1. The minimum atomic E-state index is -0.307. The van der Waals surface area contributed by atoms with E-state index in [1.54, 1.807) is 4.90 Å². The van der Waals surface area contributed by atoms with E-state index in [0.29, 0.717) is 11.8 Å². The number of amides is 1. The first-order chi connectivity index (χ1) is 9.16. The van der Waals surface area contributed by atoms with Gasteiger partial charge in [0.2, 0.25) is 0 Å². The van der Waals surface area contributed by atoms with Crippen LogP contribution in [0.2, 0.25) is 0 Å². The molecule has 1 aromatic carbocycles. The van der Waals surface area contributed by atoms with E-state index in [1.165, 1.54) is 43.5 Å². The van der Waals surface area contributed by atoms with Gasteiger partial charge in [0.15, 0.2) is 6.61 Å². The number of hydrogen-bond acceptors (Lipinski definition) is 2. The summed E-state index contributed by atoms with van der Waals surface area (Å²) < 4.78 is 18.1. The molecule has 0 N–H and O–H groups in total. The molecule has 0 atom stereocenters. The molecule has 4 heteroatoms. The van der Waals surface area contributed by atoms with Gasteiger partial charge in [-0.05, 0) is 37.1 Å². The van der Waals surface area contributed by atoms with Crippen molar-refractivity contribution in [1.82, 2.24) is 4.90 Å². The SMILES string of the molecule is CN(C(=O)COc1ccc(F)cc1)C1CCCCC1. The van der Waals surface area contributed by atoms with Crippen molar-refractivity contribution in [2.45, 2.75) is 38.1 Å². The lowest BCUT2D eigenvalue weighted by molar-refractivity contribution is -0.134. The molecule has 0 unspecified atom stereocenters. The molecule has 0 bridgehead atoms. The van der Waals surface area contributed by atoms with Crippen LogP contribution >= 0.6 is 0 Å². The molecule has 3 nitrogen and oxygen atoms in total. The van der Waals surface area contributed by atoms with Crippen molar-refractivity contribution < 1.29 is 13.9 Å². The van der Waals surface area contributed by atoms with E-state index >= 15 is 0 Å². The van der Waals surface area contributed by atoms with Gasteiger partial charge in [-0.3, -0.25) is 4.79 Å². The van der Waals surface area contributed by atoms with Gasteiger partial charge >= 0.3 is 0 Å². The summed E-state index contributed by atoms with van der Waals surface area (Å²) in [5.74, 6) is 0.195. The van der Waals surface area contributed by atoms with Crippen molar-refractivity contribution in [1.29, 1.82) is 0 Å². The van der Waals surface area contributed by atoms with Crippen LogP contribution in [0.3, 0.4) is 0 Å². The summed E-state index contributed by atoms with van der Waals surface area (Å²) in [6, 6.07) is 6.06. The second-order valence-corrected chi connectivity index (χ2v) is 5.04. The lowest BCUT2D eigenvalue weighted by Gasteiger charge is -2.31. The van der Waals surface area contributed by atoms with E-state index in [0.717, 1.165) is 12.8 Å². The molecule has 19 heavy (non-hydrogen) atoms. The Balaban J connectivity index is 1.81. The van der Waals surface area contributed by atoms with Crippen molar-refractivity contribution in [3.8, 4) is 5.75 Å². The number of ether oxygens (including phenoxy) is 1. The molecular weight excluding hydrogens is 245 g/mol. The number of rotatable bonds is 4. The summed E-state index contributed by atoms with van der Waals surface area (Å²) in [5, 5.41) is 0. The van der Waals surface area contributed by atoms with Gasteiger partial charge in [0.1, 0.15) is 11.6 Å². The van der Waals surface area contributed by atoms with Crippen LogP contribution in [0.25, 0.3) is 0 Å². The van der Waals surface area contributed by atoms with Gasteiger partial charge in [0.05, 0.1) is 0 Å². The molecule has 2 rings (SSSR count). The maximum absolute atomic E-state index is 12.7. The fourth-order valence-corrected chi connectivity index (χ4v) is 2.45. The molecule has 0 aliphatic heterocycles. The zero-order valence-electron chi connectivity index (χ0n) is 11.3. The number of nitrogens with zero attached hydrogens (tertiary/aromatic N) is 1. The summed E-state index contributed by atoms with van der Waals surface area (Å²) in [5.41, 5.74) is 0. The summed E-state index contributed by atoms with van der Waals surface area (Å²) in [6.07, 6.45) is 5.82. The van der Waals surface area contributed by atoms with Crippen LogP contribution in [0.4, 0.5) is 4.39 Å². The molecule has 0 heterocycles. The summed E-state index contributed by atoms with van der Waals surface area (Å²) >= 11 is 0. The van der Waals surface area contributed by atoms with Gasteiger partial charge in [0.25, 0.3) is 5.91 Å². The Morgan fingerprint density at radius 3 is 2.53 bits per heavy atom. The van der Waals surface area contributed by atoms with Crippen molar-refractivity contribution >= 4 is 5.91 Å². The van der Waals surface area contributed by atoms with E-state index in [1.807, 2.05) is 7.05 Å². The number of carbonyl (C=O) groups excluding carboxylic acids is 1. The average molecular weight is 265 g/mol. The third-order valence-electron chi connectivity index (χ3n) is 3.69. The molecule has 1 aliphatic carbocycles. The topological polar surface area (TPSA) is 29.5 Å². The largest absolute Gasteiger partial charge is 0.484 e. The second-order valence-electron chi connectivity index (χ2n) is 5.04. The lowest BCUT2D eigenvalue weighted by Crippen LogP contribution is -2.40. The predicted molar refractivity (Wildman–Crippen MR) is 71.5 cm³/mol. The minimum absolute atomic E-state index is 0.0125. The highest BCUT2D eigenvalue weighted by atomic mass is 19.1. The Kier molecular flexibility index (Phi) is 4.77. The first kappa shape index (κ1) is 13.8. The zero-order chi connectivity index (χ0) is 13.7. The first-order valence-electron chi connectivity index (χ1n) is 6.81. The number of carbonyl (C=O) groups is 1. The van der Waals surface area contributed by atoms with Crippen LogP contribution in [-0.4, -0.2) is 30.5 Å². The molecule has 104 valence electrons. The quantitative estimate of drug-likeness (QED) is 0.837. The van der Waals surface area contributed by atoms with Crippen LogP contribution in [0.1, 0.15) is 32.1 Å². The Labute approximate surface area is 113 Å². The molecule has 1 aromatic rings. The van der Waals surface area contributed by atoms with Crippen molar-refractivity contribution in [3.05, 3.63) is 30.1 Å². The van der Waals surface area contributed by atoms with Crippen molar-refractivity contribution in [2.24, 2.45) is 0 Å². The normalized spacial score (nSPS) is 16.1. The predicted octanol–water partition coefficient (Wildman–Crippen LogP) is 3.00. The molecule has 0 saturated heterocycles. The van der Waals surface area contributed by atoms with E-state index in [-0.39, 0.29) is 18.3 Å². The van der Waals surface area contributed by atoms with Crippen LogP contribution < -0.4 is 4.74 Å². The Bertz CT molecular complexity index is 413. The van der Waals surface area contributed by atoms with Crippen LogP contribution in [0.5, 0.6) is 5.75 Å². The van der Waals surface area contributed by atoms with Gasteiger partial charge in [-0.15, -0.1) is 0 Å². The van der Waals surface area contributed by atoms with Crippen LogP contribution in [-0.2, 0) is 4.79 Å². The lowest BCUT2D eigenvalue weighted by atomic mass is 9.94. The maximum atomic E-state index is 12.7. The van der Waals surface area contributed by atoms with E-state index in [4.69, 9.17) is 4.74 Å². The van der Waals surface area contributed by atoms with Crippen LogP contribution in [0.15, 0.2) is 24.3 Å². The summed E-state index contributed by atoms with van der Waals surface area (Å²) in [4.78, 5) is 13.8. The maximum Gasteiger partial charge on any atom is 0.260 e. The monoisotopic (exact) mass is 265 g/mol. The molecule has 0 aromatic heterocycles. The fraction of sp³-hybridized carbons (Fsp3) is 0.533. The molecule has 0 spiro atoms. The van der Waals surface area contributed by atoms with Crippen LogP contribution in [0, 0.1) is 5.82 Å². The van der Waals surface area contributed by atoms with Crippen molar-refractivity contribution in [2.75, 3.05) is 13.7 Å². The molecule has 0 radical (unpaired) electrons. The Hall–Kier alpha value is -1.58. The second kappa shape index (κ2) is 6.55. The highest BCUT2D eigenvalue weighted by Gasteiger charge is 2.22. The van der Waals surface area contributed by atoms with E-state index in [9.17, 15) is 9.18 Å². The van der Waals surface area contributed by atoms with Gasteiger partial charge in [-0.1, -0.05) is 19.3 Å². The third kappa shape index (κ3) is 3.94. The number of hydrogen-bond donors (Lipinski definition) is 0. The average Bonchev–Trinajstić information content (AvgIpc) is 2.46. The first-order valence-corrected chi connectivity index (χ1v) is 6.81. The number of likely N-dealkylation sites (N-methyl/N-ethyl adjacent to an activating group) is 1. The van der Waals surface area contributed by atoms with Gasteiger partial charge < -0.3 is 9.64 Å². The van der Waals surface area contributed by atoms with Gasteiger partial charge in [-0.25, -0.2) is 4.39 Å². The smallest absolute Gasteiger partial charge is 0.260 e. The van der Waals surface area contributed by atoms with Crippen molar-refractivity contribution in [3.63, 3.8) is 0 Å². The van der Waals surface area contributed by atoms with E-state index in [2.05, 4.69) is 0 Å². The highest BCUT2D eigenvalue weighted by Crippen LogP contribution is 2.21. The molecule has 1 aliphatic rings. The van der Waals surface area contributed by atoms with Gasteiger partial charge in [0, 0.05) is 13.1 Å². The third-order valence-corrected chi connectivity index (χ3v) is 3.69. The Morgan fingerprint density at radius 1 is 1.26 bits per heavy atom. The molecule has 1 saturated carbocycles. The number of halogens is 1. The molecular formula is C15H20FNO2. The molecule has 1 amide bonds. The molecule has 1 fully saturated rings. The highest BCUT2D eigenvalue weighted by molar-refractivity contribution is 5.77. The van der Waals surface area contributed by atoms with E-state index < -0.39 is 0 Å². The summed E-state index contributed by atoms with van der Waals surface area (Å²) in [6.45, 7) is 0.0125. The zero-order valence-corrected chi connectivity index (χ0v) is 11.3. The Morgan fingerprint density at radius 2 is 1.89 bits per heavy atom. The van der Waals surface area contributed by atoms with Gasteiger partial charge in [-0.2, -0.15) is 0 Å². The standard InChI is InChI=1S/C15H20FNO2/c1-17(13-5-3-2-4-6-13)15(18)11-19-14-9-7-12(16)8-10-14/h7-10,13H,2-6,11H2,1H3. The fourth-order valence-electron chi connectivity index (χ4n) is 2.45. The minimum Gasteiger partial charge on any atom is -0.484 e.